The molecule has 1 aliphatic heterocycles. The molecule has 1 aromatic rings. The first-order chi connectivity index (χ1) is 15.0. The maximum Gasteiger partial charge on any atom is 0.305 e. The molecule has 1 fully saturated rings. The summed E-state index contributed by atoms with van der Waals surface area (Å²) in [4.78, 5) is 25.0. The van der Waals surface area contributed by atoms with Gasteiger partial charge in [-0.1, -0.05) is 69.1 Å². The van der Waals surface area contributed by atoms with Crippen LogP contribution in [-0.4, -0.2) is 51.3 Å². The summed E-state index contributed by atoms with van der Waals surface area (Å²) in [6, 6.07) is 5.24. The van der Waals surface area contributed by atoms with Crippen LogP contribution in [0.3, 0.4) is 0 Å². The fourth-order valence-electron chi connectivity index (χ4n) is 3.03. The number of hydrogen-bond donors (Lipinski definition) is 2. The summed E-state index contributed by atoms with van der Waals surface area (Å²) < 4.78 is 11.4. The van der Waals surface area contributed by atoms with E-state index in [1.54, 1.807) is 24.3 Å². The Kier molecular flexibility index (Phi) is 10.8. The quantitative estimate of drug-likeness (QED) is 0.180. The second kappa shape index (κ2) is 13.3. The molecule has 7 nitrogen and oxygen atoms in total. The molecule has 0 spiro atoms. The molecule has 0 aliphatic carbocycles. The summed E-state index contributed by atoms with van der Waals surface area (Å²) in [5.74, 6) is -0.373. The number of thioether (sulfide) groups is 1. The number of ether oxygens (including phenoxy) is 2. The molecule has 1 saturated heterocycles. The monoisotopic (exact) mass is 467 g/mol. The normalized spacial score (nSPS) is 15.0. The molecule has 9 heteroatoms. The van der Waals surface area contributed by atoms with E-state index in [1.165, 1.54) is 30.6 Å². The first-order valence-electron chi connectivity index (χ1n) is 10.4. The van der Waals surface area contributed by atoms with E-state index in [-0.39, 0.29) is 18.9 Å². The summed E-state index contributed by atoms with van der Waals surface area (Å²) >= 11 is 6.33. The number of carboxylic acids is 1. The zero-order chi connectivity index (χ0) is 22.6. The average Bonchev–Trinajstić information content (AvgIpc) is 2.99. The van der Waals surface area contributed by atoms with Gasteiger partial charge in [-0.05, 0) is 30.2 Å². The van der Waals surface area contributed by atoms with Gasteiger partial charge in [0.2, 0.25) is 0 Å². The number of rotatable bonds is 14. The fraction of sp³-hybridized carbons (Fsp3) is 0.500. The second-order valence-corrected chi connectivity index (χ2v) is 8.75. The predicted octanol–water partition coefficient (Wildman–Crippen LogP) is 4.43. The van der Waals surface area contributed by atoms with E-state index in [0.29, 0.717) is 32.9 Å². The van der Waals surface area contributed by atoms with Gasteiger partial charge >= 0.3 is 5.97 Å². The molecule has 0 saturated carbocycles. The van der Waals surface area contributed by atoms with Crippen molar-refractivity contribution in [3.05, 3.63) is 28.7 Å². The van der Waals surface area contributed by atoms with E-state index in [2.05, 4.69) is 6.92 Å². The van der Waals surface area contributed by atoms with Gasteiger partial charge in [-0.25, -0.2) is 0 Å². The van der Waals surface area contributed by atoms with Gasteiger partial charge in [-0.3, -0.25) is 14.5 Å². The molecule has 0 aromatic heterocycles. The van der Waals surface area contributed by atoms with E-state index in [9.17, 15) is 14.7 Å². The number of benzene rings is 1. The Morgan fingerprint density at radius 3 is 2.61 bits per heavy atom. The van der Waals surface area contributed by atoms with Crippen LogP contribution in [0, 0.1) is 0 Å². The van der Waals surface area contributed by atoms with Crippen molar-refractivity contribution in [2.45, 2.75) is 51.9 Å². The summed E-state index contributed by atoms with van der Waals surface area (Å²) in [6.07, 6.45) is 8.47. The van der Waals surface area contributed by atoms with Crippen molar-refractivity contribution in [1.29, 1.82) is 0 Å². The minimum Gasteiger partial charge on any atom is -0.490 e. The van der Waals surface area contributed by atoms with Gasteiger partial charge in [0.05, 0.1) is 17.9 Å². The SMILES string of the molecule is CCCCCCCCOc1ccc(/C=C2/SC(=S)N(CCC(=O)O)C2=O)cc1OCO. The van der Waals surface area contributed by atoms with Crippen molar-refractivity contribution in [1.82, 2.24) is 4.90 Å². The summed E-state index contributed by atoms with van der Waals surface area (Å²) in [6.45, 7) is 2.31. The Morgan fingerprint density at radius 2 is 1.90 bits per heavy atom. The molecule has 31 heavy (non-hydrogen) atoms. The Balaban J connectivity index is 2.00. The van der Waals surface area contributed by atoms with Crippen molar-refractivity contribution in [2.24, 2.45) is 0 Å². The maximum atomic E-state index is 12.5. The number of unbranched alkanes of at least 4 members (excludes halogenated alkanes) is 5. The first kappa shape index (κ1) is 25.2. The molecular formula is C22H29NO6S2. The van der Waals surface area contributed by atoms with Crippen molar-refractivity contribution in [2.75, 3.05) is 19.9 Å². The third kappa shape index (κ3) is 8.16. The van der Waals surface area contributed by atoms with Crippen LogP contribution in [0.5, 0.6) is 11.5 Å². The number of carbonyl (C=O) groups excluding carboxylic acids is 1. The molecule has 0 unspecified atom stereocenters. The smallest absolute Gasteiger partial charge is 0.305 e. The lowest BCUT2D eigenvalue weighted by Crippen LogP contribution is -2.30. The Labute approximate surface area is 192 Å². The molecule has 1 heterocycles. The number of amides is 1. The highest BCUT2D eigenvalue weighted by molar-refractivity contribution is 8.26. The van der Waals surface area contributed by atoms with Gasteiger partial charge in [0.25, 0.3) is 5.91 Å². The van der Waals surface area contributed by atoms with Crippen LogP contribution >= 0.6 is 24.0 Å². The largest absolute Gasteiger partial charge is 0.490 e. The zero-order valence-corrected chi connectivity index (χ0v) is 19.3. The highest BCUT2D eigenvalue weighted by Gasteiger charge is 2.32. The Morgan fingerprint density at radius 1 is 1.16 bits per heavy atom. The van der Waals surface area contributed by atoms with Gasteiger partial charge < -0.3 is 19.7 Å². The molecule has 2 rings (SSSR count). The van der Waals surface area contributed by atoms with Crippen LogP contribution in [-0.2, 0) is 9.59 Å². The van der Waals surface area contributed by atoms with Crippen molar-refractivity contribution in [3.8, 4) is 11.5 Å². The summed E-state index contributed by atoms with van der Waals surface area (Å²) in [7, 11) is 0. The van der Waals surface area contributed by atoms with Crippen LogP contribution in [0.15, 0.2) is 23.1 Å². The predicted molar refractivity (Wildman–Crippen MR) is 125 cm³/mol. The number of hydrogen-bond acceptors (Lipinski definition) is 7. The number of nitrogens with zero attached hydrogens (tertiary/aromatic N) is 1. The molecule has 1 amide bonds. The first-order valence-corrected chi connectivity index (χ1v) is 11.7. The van der Waals surface area contributed by atoms with Crippen LogP contribution in [0.1, 0.15) is 57.4 Å². The van der Waals surface area contributed by atoms with Crippen molar-refractivity contribution >= 4 is 46.3 Å². The highest BCUT2D eigenvalue weighted by atomic mass is 32.2. The van der Waals surface area contributed by atoms with Gasteiger partial charge in [-0.15, -0.1) is 0 Å². The van der Waals surface area contributed by atoms with Crippen molar-refractivity contribution < 1.29 is 29.3 Å². The number of aliphatic hydroxyl groups is 1. The molecule has 0 radical (unpaired) electrons. The van der Waals surface area contributed by atoms with E-state index >= 15 is 0 Å². The van der Waals surface area contributed by atoms with Gasteiger partial charge in [0.1, 0.15) is 4.32 Å². The molecule has 1 aromatic carbocycles. The van der Waals surface area contributed by atoms with Crippen LogP contribution in [0.25, 0.3) is 6.08 Å². The molecule has 2 N–H and O–H groups in total. The average molecular weight is 468 g/mol. The van der Waals surface area contributed by atoms with Gasteiger partial charge in [0.15, 0.2) is 18.3 Å². The van der Waals surface area contributed by atoms with E-state index in [4.69, 9.17) is 26.8 Å². The van der Waals surface area contributed by atoms with E-state index < -0.39 is 12.8 Å². The maximum absolute atomic E-state index is 12.5. The Hall–Kier alpha value is -2.10. The van der Waals surface area contributed by atoms with Crippen LogP contribution in [0.4, 0.5) is 0 Å². The molecular weight excluding hydrogens is 438 g/mol. The van der Waals surface area contributed by atoms with E-state index in [0.717, 1.165) is 24.6 Å². The summed E-state index contributed by atoms with van der Waals surface area (Å²) in [5.41, 5.74) is 0.689. The summed E-state index contributed by atoms with van der Waals surface area (Å²) in [5, 5.41) is 18.0. The number of carbonyl (C=O) groups is 2. The lowest BCUT2D eigenvalue weighted by atomic mass is 10.1. The molecule has 1 aliphatic rings. The molecule has 170 valence electrons. The molecule has 0 atom stereocenters. The van der Waals surface area contributed by atoms with Crippen LogP contribution in [0.2, 0.25) is 0 Å². The van der Waals surface area contributed by atoms with Crippen molar-refractivity contribution in [3.63, 3.8) is 0 Å². The number of aliphatic hydroxyl groups excluding tert-OH is 1. The number of thiocarbonyl (C=S) groups is 1. The minimum absolute atomic E-state index is 0.0431. The lowest BCUT2D eigenvalue weighted by Gasteiger charge is -2.13. The zero-order valence-electron chi connectivity index (χ0n) is 17.7. The minimum atomic E-state index is -0.986. The number of carboxylic acid groups (broad SMARTS) is 1. The highest BCUT2D eigenvalue weighted by Crippen LogP contribution is 2.35. The molecule has 0 bridgehead atoms. The number of aliphatic carboxylic acids is 1. The standard InChI is InChI=1S/C22H29NO6S2/c1-2-3-4-5-6-7-12-28-17-9-8-16(13-18(17)29-15-24)14-19-21(27)23(22(30)31-19)11-10-20(25)26/h8-9,13-14,24H,2-7,10-12,15H2,1H3,(H,25,26)/b19-14+. The fourth-order valence-corrected chi connectivity index (χ4v) is 4.34. The third-order valence-electron chi connectivity index (χ3n) is 4.66. The second-order valence-electron chi connectivity index (χ2n) is 7.07. The van der Waals surface area contributed by atoms with Crippen LogP contribution < -0.4 is 9.47 Å². The Bertz CT molecular complexity index is 811. The third-order valence-corrected chi connectivity index (χ3v) is 6.04. The van der Waals surface area contributed by atoms with E-state index in [1.807, 2.05) is 0 Å². The topological polar surface area (TPSA) is 96.3 Å². The lowest BCUT2D eigenvalue weighted by molar-refractivity contribution is -0.137. The van der Waals surface area contributed by atoms with Gasteiger partial charge in [-0.2, -0.15) is 0 Å². The van der Waals surface area contributed by atoms with Gasteiger partial charge in [0, 0.05) is 6.54 Å².